The van der Waals surface area contributed by atoms with E-state index in [-0.39, 0.29) is 18.3 Å². The van der Waals surface area contributed by atoms with Gasteiger partial charge >= 0.3 is 5.97 Å². The van der Waals surface area contributed by atoms with Gasteiger partial charge in [0.05, 0.1) is 0 Å². The van der Waals surface area contributed by atoms with Crippen LogP contribution in [0.15, 0.2) is 48.5 Å². The van der Waals surface area contributed by atoms with Crippen LogP contribution in [0, 0.1) is 5.82 Å². The van der Waals surface area contributed by atoms with Gasteiger partial charge in [-0.15, -0.1) is 0 Å². The third-order valence-corrected chi connectivity index (χ3v) is 4.90. The summed E-state index contributed by atoms with van der Waals surface area (Å²) < 4.78 is 13.5. The van der Waals surface area contributed by atoms with E-state index in [1.54, 1.807) is 6.07 Å². The number of halogens is 1. The second-order valence-electron chi connectivity index (χ2n) is 8.64. The van der Waals surface area contributed by atoms with E-state index in [1.807, 2.05) is 24.3 Å². The monoisotopic (exact) mass is 428 g/mol. The molecule has 3 N–H and O–H groups in total. The lowest BCUT2D eigenvalue weighted by atomic mass is 9.86. The van der Waals surface area contributed by atoms with E-state index in [4.69, 9.17) is 0 Å². The number of nitrogens with one attached hydrogen (secondary N) is 2. The Balaban J connectivity index is 2.13. The van der Waals surface area contributed by atoms with E-state index in [1.165, 1.54) is 25.1 Å². The van der Waals surface area contributed by atoms with Gasteiger partial charge in [-0.25, -0.2) is 9.18 Å². The average molecular weight is 429 g/mol. The number of carboxylic acid groups (broad SMARTS) is 1. The highest BCUT2D eigenvalue weighted by Gasteiger charge is 2.26. The minimum Gasteiger partial charge on any atom is -0.480 e. The highest BCUT2D eigenvalue weighted by Crippen LogP contribution is 2.22. The summed E-state index contributed by atoms with van der Waals surface area (Å²) in [5.74, 6) is -2.72. The molecule has 0 bridgehead atoms. The van der Waals surface area contributed by atoms with Crippen LogP contribution in [0.4, 0.5) is 4.39 Å². The van der Waals surface area contributed by atoms with Gasteiger partial charge in [-0.2, -0.15) is 0 Å². The Labute approximate surface area is 181 Å². The standard InChI is InChI=1S/C24H29FN2O4/c1-15(28)26-20(14-17-6-5-7-19(25)12-17)22(29)27-21(23(30)31)13-16-8-10-18(11-9-16)24(2,3)4/h5-12,20-21H,13-14H2,1-4H3,(H,26,28)(H,27,29)(H,30,31)/t20-,21+/m1/s1. The first-order chi connectivity index (χ1) is 14.5. The van der Waals surface area contributed by atoms with E-state index >= 15 is 0 Å². The number of rotatable bonds is 8. The second kappa shape index (κ2) is 10.2. The molecule has 0 aliphatic carbocycles. The third kappa shape index (κ3) is 7.51. The third-order valence-electron chi connectivity index (χ3n) is 4.90. The molecular formula is C24H29FN2O4. The Hall–Kier alpha value is -3.22. The van der Waals surface area contributed by atoms with E-state index in [9.17, 15) is 23.9 Å². The molecule has 0 fully saturated rings. The van der Waals surface area contributed by atoms with Gasteiger partial charge in [0.25, 0.3) is 0 Å². The van der Waals surface area contributed by atoms with Crippen LogP contribution >= 0.6 is 0 Å². The topological polar surface area (TPSA) is 95.5 Å². The van der Waals surface area contributed by atoms with Crippen LogP contribution in [-0.2, 0) is 32.6 Å². The molecule has 2 amide bonds. The van der Waals surface area contributed by atoms with Crippen molar-refractivity contribution in [2.24, 2.45) is 0 Å². The van der Waals surface area contributed by atoms with Crippen molar-refractivity contribution in [2.45, 2.75) is 58.0 Å². The molecular weight excluding hydrogens is 399 g/mol. The summed E-state index contributed by atoms with van der Waals surface area (Å²) in [4.78, 5) is 36.1. The summed E-state index contributed by atoms with van der Waals surface area (Å²) in [5.41, 5.74) is 2.37. The molecule has 2 atom stereocenters. The normalized spacial score (nSPS) is 13.2. The summed E-state index contributed by atoms with van der Waals surface area (Å²) in [6.07, 6.45) is 0.133. The summed E-state index contributed by atoms with van der Waals surface area (Å²) in [6, 6.07) is 11.1. The fourth-order valence-electron chi connectivity index (χ4n) is 3.20. The Kier molecular flexibility index (Phi) is 7.91. The molecule has 31 heavy (non-hydrogen) atoms. The molecule has 0 saturated heterocycles. The minimum absolute atomic E-state index is 0.0264. The van der Waals surface area contributed by atoms with E-state index in [2.05, 4.69) is 31.4 Å². The summed E-state index contributed by atoms with van der Waals surface area (Å²) in [7, 11) is 0. The molecule has 0 radical (unpaired) electrons. The first kappa shape index (κ1) is 24.1. The highest BCUT2D eigenvalue weighted by molar-refractivity contribution is 5.90. The van der Waals surface area contributed by atoms with Crippen molar-refractivity contribution in [3.8, 4) is 0 Å². The number of aliphatic carboxylic acids is 1. The zero-order valence-corrected chi connectivity index (χ0v) is 18.2. The van der Waals surface area contributed by atoms with Gasteiger partial charge in [0.15, 0.2) is 0 Å². The van der Waals surface area contributed by atoms with Crippen molar-refractivity contribution >= 4 is 17.8 Å². The quantitative estimate of drug-likeness (QED) is 0.602. The lowest BCUT2D eigenvalue weighted by Gasteiger charge is -2.22. The van der Waals surface area contributed by atoms with Gasteiger partial charge < -0.3 is 15.7 Å². The highest BCUT2D eigenvalue weighted by atomic mass is 19.1. The summed E-state index contributed by atoms with van der Waals surface area (Å²) in [5, 5.41) is 14.6. The zero-order valence-electron chi connectivity index (χ0n) is 18.2. The van der Waals surface area contributed by atoms with Gasteiger partial charge in [-0.3, -0.25) is 9.59 Å². The number of carboxylic acids is 1. The SMILES string of the molecule is CC(=O)N[C@H](Cc1cccc(F)c1)C(=O)N[C@@H](Cc1ccc(C(C)(C)C)cc1)C(=O)O. The molecule has 0 aliphatic heterocycles. The number of benzene rings is 2. The number of hydrogen-bond donors (Lipinski definition) is 3. The van der Waals surface area contributed by atoms with Crippen molar-refractivity contribution in [1.82, 2.24) is 10.6 Å². The molecule has 0 aliphatic rings. The fraction of sp³-hybridized carbons (Fsp3) is 0.375. The molecule has 2 aromatic carbocycles. The summed E-state index contributed by atoms with van der Waals surface area (Å²) >= 11 is 0. The maximum absolute atomic E-state index is 13.5. The van der Waals surface area contributed by atoms with Gasteiger partial charge in [-0.1, -0.05) is 57.2 Å². The molecule has 0 aromatic heterocycles. The Bertz CT molecular complexity index is 935. The van der Waals surface area contributed by atoms with Crippen molar-refractivity contribution in [1.29, 1.82) is 0 Å². The molecule has 0 spiro atoms. The Morgan fingerprint density at radius 2 is 1.55 bits per heavy atom. The van der Waals surface area contributed by atoms with E-state index < -0.39 is 35.7 Å². The van der Waals surface area contributed by atoms with Gasteiger partial charge in [0.2, 0.25) is 11.8 Å². The average Bonchev–Trinajstić information content (AvgIpc) is 2.66. The predicted molar refractivity (Wildman–Crippen MR) is 116 cm³/mol. The first-order valence-corrected chi connectivity index (χ1v) is 10.1. The predicted octanol–water partition coefficient (Wildman–Crippen LogP) is 2.98. The molecule has 166 valence electrons. The largest absolute Gasteiger partial charge is 0.480 e. The van der Waals surface area contributed by atoms with Crippen molar-refractivity contribution in [2.75, 3.05) is 0 Å². The van der Waals surface area contributed by atoms with Crippen LogP contribution in [0.5, 0.6) is 0 Å². The van der Waals surface area contributed by atoms with Crippen LogP contribution < -0.4 is 10.6 Å². The van der Waals surface area contributed by atoms with Crippen LogP contribution in [-0.4, -0.2) is 35.0 Å². The van der Waals surface area contributed by atoms with Crippen LogP contribution in [0.2, 0.25) is 0 Å². The lowest BCUT2D eigenvalue weighted by molar-refractivity contribution is -0.142. The van der Waals surface area contributed by atoms with Gasteiger partial charge in [-0.05, 0) is 34.2 Å². The Morgan fingerprint density at radius 1 is 0.935 bits per heavy atom. The number of carbonyl (C=O) groups is 3. The van der Waals surface area contributed by atoms with E-state index in [0.717, 1.165) is 11.1 Å². The second-order valence-corrected chi connectivity index (χ2v) is 8.64. The molecule has 6 nitrogen and oxygen atoms in total. The van der Waals surface area contributed by atoms with E-state index in [0.29, 0.717) is 5.56 Å². The number of carbonyl (C=O) groups excluding carboxylic acids is 2. The fourth-order valence-corrected chi connectivity index (χ4v) is 3.20. The van der Waals surface area contributed by atoms with Crippen molar-refractivity contribution in [3.05, 3.63) is 71.0 Å². The van der Waals surface area contributed by atoms with Crippen molar-refractivity contribution in [3.63, 3.8) is 0 Å². The smallest absolute Gasteiger partial charge is 0.326 e. The van der Waals surface area contributed by atoms with Gasteiger partial charge in [0.1, 0.15) is 17.9 Å². The van der Waals surface area contributed by atoms with Crippen molar-refractivity contribution < 1.29 is 23.9 Å². The number of amides is 2. The zero-order chi connectivity index (χ0) is 23.2. The number of hydrogen-bond acceptors (Lipinski definition) is 3. The molecule has 0 heterocycles. The maximum atomic E-state index is 13.5. The molecule has 2 aromatic rings. The lowest BCUT2D eigenvalue weighted by Crippen LogP contribution is -2.52. The summed E-state index contributed by atoms with van der Waals surface area (Å²) in [6.45, 7) is 7.52. The maximum Gasteiger partial charge on any atom is 0.326 e. The minimum atomic E-state index is -1.18. The van der Waals surface area contributed by atoms with Crippen LogP contribution in [0.3, 0.4) is 0 Å². The van der Waals surface area contributed by atoms with Gasteiger partial charge in [0, 0.05) is 19.8 Å². The molecule has 2 rings (SSSR count). The molecule has 7 heteroatoms. The van der Waals surface area contributed by atoms with Crippen LogP contribution in [0.1, 0.15) is 44.4 Å². The molecule has 0 unspecified atom stereocenters. The Morgan fingerprint density at radius 3 is 2.06 bits per heavy atom. The molecule has 0 saturated carbocycles. The first-order valence-electron chi connectivity index (χ1n) is 10.1. The van der Waals surface area contributed by atoms with Crippen LogP contribution in [0.25, 0.3) is 0 Å².